The molecule has 0 radical (unpaired) electrons. The quantitative estimate of drug-likeness (QED) is 0.380. The van der Waals surface area contributed by atoms with Crippen LogP contribution in [0.15, 0.2) is 4.99 Å². The van der Waals surface area contributed by atoms with E-state index in [4.69, 9.17) is 5.73 Å². The average Bonchev–Trinajstić information content (AvgIpc) is 2.43. The fourth-order valence-electron chi connectivity index (χ4n) is 3.08. The van der Waals surface area contributed by atoms with Gasteiger partial charge in [-0.05, 0) is 37.5 Å². The van der Waals surface area contributed by atoms with Crippen LogP contribution in [0.4, 0.5) is 0 Å². The molecule has 0 aromatic carbocycles. The predicted octanol–water partition coefficient (Wildman–Crippen LogP) is 1.78. The average molecular weight is 294 g/mol. The first-order valence-corrected chi connectivity index (χ1v) is 8.54. The molecule has 0 aliphatic heterocycles. The number of aliphatic imine (C=N–C) groups is 1. The lowest BCUT2D eigenvalue weighted by Gasteiger charge is -2.23. The Morgan fingerprint density at radius 2 is 1.62 bits per heavy atom. The first kappa shape index (κ1) is 16.1. The van der Waals surface area contributed by atoms with E-state index >= 15 is 0 Å². The maximum Gasteiger partial charge on any atom is 0.220 e. The molecule has 0 spiro atoms. The summed E-state index contributed by atoms with van der Waals surface area (Å²) in [7, 11) is 0. The van der Waals surface area contributed by atoms with Crippen molar-refractivity contribution >= 4 is 11.9 Å². The van der Waals surface area contributed by atoms with Crippen molar-refractivity contribution in [2.45, 2.75) is 57.8 Å². The number of nitrogens with zero attached hydrogens (tertiary/aromatic N) is 1. The van der Waals surface area contributed by atoms with Crippen molar-refractivity contribution in [3.05, 3.63) is 0 Å². The Balaban J connectivity index is 1.48. The fraction of sp³-hybridized carbons (Fsp3) is 0.875. The van der Waals surface area contributed by atoms with Crippen molar-refractivity contribution in [2.75, 3.05) is 19.6 Å². The molecule has 5 heteroatoms. The van der Waals surface area contributed by atoms with Gasteiger partial charge in [-0.1, -0.05) is 25.7 Å². The van der Waals surface area contributed by atoms with Gasteiger partial charge >= 0.3 is 0 Å². The van der Waals surface area contributed by atoms with Gasteiger partial charge in [-0.15, -0.1) is 0 Å². The summed E-state index contributed by atoms with van der Waals surface area (Å²) < 4.78 is 0. The molecule has 0 atom stereocenters. The molecule has 5 nitrogen and oxygen atoms in total. The number of hydrogen-bond donors (Lipinski definition) is 3. The van der Waals surface area contributed by atoms with Crippen molar-refractivity contribution in [1.29, 1.82) is 0 Å². The van der Waals surface area contributed by atoms with Gasteiger partial charge in [-0.3, -0.25) is 9.79 Å². The standard InChI is InChI=1S/C16H30N4O/c17-16(20-12-14-7-4-8-14)19-10-9-18-15(21)11-13-5-2-1-3-6-13/h13-14H,1-12H2,(H,18,21)(H3,17,19,20). The van der Waals surface area contributed by atoms with E-state index in [-0.39, 0.29) is 5.91 Å². The molecule has 4 N–H and O–H groups in total. The second-order valence-corrected chi connectivity index (χ2v) is 6.51. The predicted molar refractivity (Wildman–Crippen MR) is 86.0 cm³/mol. The van der Waals surface area contributed by atoms with E-state index in [2.05, 4.69) is 15.6 Å². The number of nitrogens with one attached hydrogen (secondary N) is 2. The third kappa shape index (κ3) is 6.36. The Kier molecular flexibility index (Phi) is 6.83. The lowest BCUT2D eigenvalue weighted by molar-refractivity contribution is -0.122. The number of nitrogens with two attached hydrogens (primary N) is 1. The molecule has 0 bridgehead atoms. The van der Waals surface area contributed by atoms with E-state index in [1.807, 2.05) is 0 Å². The van der Waals surface area contributed by atoms with Gasteiger partial charge in [0.25, 0.3) is 0 Å². The zero-order chi connectivity index (χ0) is 14.9. The van der Waals surface area contributed by atoms with Crippen molar-refractivity contribution < 1.29 is 4.79 Å². The van der Waals surface area contributed by atoms with Crippen LogP contribution in [-0.4, -0.2) is 31.5 Å². The summed E-state index contributed by atoms with van der Waals surface area (Å²) in [6.45, 7) is 2.11. The van der Waals surface area contributed by atoms with Crippen LogP contribution in [0.3, 0.4) is 0 Å². The van der Waals surface area contributed by atoms with E-state index in [9.17, 15) is 4.79 Å². The molecule has 2 saturated carbocycles. The highest BCUT2D eigenvalue weighted by molar-refractivity contribution is 5.78. The molecule has 0 aromatic rings. The summed E-state index contributed by atoms with van der Waals surface area (Å²) in [5, 5.41) is 6.02. The number of hydrogen-bond acceptors (Lipinski definition) is 2. The molecule has 0 unspecified atom stereocenters. The highest BCUT2D eigenvalue weighted by Crippen LogP contribution is 2.26. The number of carbonyl (C=O) groups is 1. The SMILES string of the molecule is NC(=NCC1CCC1)NCCNC(=O)CC1CCCCC1. The van der Waals surface area contributed by atoms with Crippen molar-refractivity contribution in [3.8, 4) is 0 Å². The van der Waals surface area contributed by atoms with Crippen molar-refractivity contribution in [1.82, 2.24) is 10.6 Å². The van der Waals surface area contributed by atoms with Crippen LogP contribution >= 0.6 is 0 Å². The van der Waals surface area contributed by atoms with Gasteiger partial charge in [0.1, 0.15) is 0 Å². The van der Waals surface area contributed by atoms with E-state index in [1.54, 1.807) is 0 Å². The molecule has 1 amide bonds. The summed E-state index contributed by atoms with van der Waals surface area (Å²) >= 11 is 0. The van der Waals surface area contributed by atoms with Crippen molar-refractivity contribution in [3.63, 3.8) is 0 Å². The lowest BCUT2D eigenvalue weighted by Crippen LogP contribution is -2.39. The topological polar surface area (TPSA) is 79.5 Å². The Bertz CT molecular complexity index is 346. The molecule has 0 saturated heterocycles. The Hall–Kier alpha value is -1.26. The van der Waals surface area contributed by atoms with Crippen molar-refractivity contribution in [2.24, 2.45) is 22.6 Å². The van der Waals surface area contributed by atoms with Crippen LogP contribution in [-0.2, 0) is 4.79 Å². The third-order valence-corrected chi connectivity index (χ3v) is 4.70. The normalized spacial score (nSPS) is 20.9. The fourth-order valence-corrected chi connectivity index (χ4v) is 3.08. The number of guanidine groups is 1. The van der Waals surface area contributed by atoms with Gasteiger partial charge in [-0.25, -0.2) is 0 Å². The Morgan fingerprint density at radius 1 is 0.952 bits per heavy atom. The van der Waals surface area contributed by atoms with Crippen LogP contribution < -0.4 is 16.4 Å². The first-order valence-electron chi connectivity index (χ1n) is 8.54. The van der Waals surface area contributed by atoms with E-state index in [0.29, 0.717) is 31.4 Å². The van der Waals surface area contributed by atoms with Crippen LogP contribution in [0.25, 0.3) is 0 Å². The van der Waals surface area contributed by atoms with E-state index in [1.165, 1.54) is 51.4 Å². The lowest BCUT2D eigenvalue weighted by atomic mass is 9.86. The van der Waals surface area contributed by atoms with Crippen LogP contribution in [0.1, 0.15) is 57.8 Å². The first-order chi connectivity index (χ1) is 10.2. The molecular formula is C16H30N4O. The zero-order valence-electron chi connectivity index (χ0n) is 13.1. The molecule has 21 heavy (non-hydrogen) atoms. The van der Waals surface area contributed by atoms with Crippen LogP contribution in [0.5, 0.6) is 0 Å². The highest BCUT2D eigenvalue weighted by Gasteiger charge is 2.17. The largest absolute Gasteiger partial charge is 0.370 e. The van der Waals surface area contributed by atoms with Gasteiger partial charge < -0.3 is 16.4 Å². The number of carbonyl (C=O) groups excluding carboxylic acids is 1. The minimum Gasteiger partial charge on any atom is -0.370 e. The Morgan fingerprint density at radius 3 is 2.29 bits per heavy atom. The van der Waals surface area contributed by atoms with Gasteiger partial charge in [0.05, 0.1) is 0 Å². The minimum absolute atomic E-state index is 0.175. The van der Waals surface area contributed by atoms with E-state index in [0.717, 1.165) is 12.5 Å². The zero-order valence-corrected chi connectivity index (χ0v) is 13.1. The maximum atomic E-state index is 11.8. The minimum atomic E-state index is 0.175. The number of rotatable bonds is 7. The summed E-state index contributed by atoms with van der Waals surface area (Å²) in [6.07, 6.45) is 10.9. The molecule has 120 valence electrons. The van der Waals surface area contributed by atoms with Gasteiger partial charge in [0.2, 0.25) is 5.91 Å². The van der Waals surface area contributed by atoms with Gasteiger partial charge in [0, 0.05) is 26.1 Å². The second kappa shape index (κ2) is 8.90. The van der Waals surface area contributed by atoms with Gasteiger partial charge in [-0.2, -0.15) is 0 Å². The number of amides is 1. The molecule has 2 rings (SSSR count). The monoisotopic (exact) mass is 294 g/mol. The highest BCUT2D eigenvalue weighted by atomic mass is 16.1. The van der Waals surface area contributed by atoms with Crippen LogP contribution in [0.2, 0.25) is 0 Å². The molecule has 2 aliphatic rings. The molecule has 0 heterocycles. The van der Waals surface area contributed by atoms with Gasteiger partial charge in [0.15, 0.2) is 5.96 Å². The summed E-state index contributed by atoms with van der Waals surface area (Å²) in [4.78, 5) is 16.1. The summed E-state index contributed by atoms with van der Waals surface area (Å²) in [5.41, 5.74) is 5.79. The maximum absolute atomic E-state index is 11.8. The Labute approximate surface area is 128 Å². The molecular weight excluding hydrogens is 264 g/mol. The third-order valence-electron chi connectivity index (χ3n) is 4.70. The van der Waals surface area contributed by atoms with E-state index < -0.39 is 0 Å². The van der Waals surface area contributed by atoms with Crippen LogP contribution in [0, 0.1) is 11.8 Å². The molecule has 2 fully saturated rings. The summed E-state index contributed by atoms with van der Waals surface area (Å²) in [6, 6.07) is 0. The summed E-state index contributed by atoms with van der Waals surface area (Å²) in [5.74, 6) is 2.01. The molecule has 2 aliphatic carbocycles. The second-order valence-electron chi connectivity index (χ2n) is 6.51. The molecule has 0 aromatic heterocycles. The smallest absolute Gasteiger partial charge is 0.220 e.